The predicted molar refractivity (Wildman–Crippen MR) is 78.7 cm³/mol. The van der Waals surface area contributed by atoms with E-state index >= 15 is 0 Å². The molecular weight excluding hydrogens is 262 g/mol. The highest BCUT2D eigenvalue weighted by Gasteiger charge is 2.30. The number of aromatic nitrogens is 2. The van der Waals surface area contributed by atoms with E-state index in [9.17, 15) is 0 Å². The maximum atomic E-state index is 4.84. The Morgan fingerprint density at radius 1 is 1.39 bits per heavy atom. The van der Waals surface area contributed by atoms with E-state index in [-0.39, 0.29) is 0 Å². The lowest BCUT2D eigenvalue weighted by Crippen LogP contribution is -1.88. The Kier molecular flexibility index (Phi) is 3.35. The summed E-state index contributed by atoms with van der Waals surface area (Å²) < 4.78 is 0. The van der Waals surface area contributed by atoms with E-state index < -0.39 is 0 Å². The Morgan fingerprint density at radius 3 is 2.83 bits per heavy atom. The molecule has 0 atom stereocenters. The van der Waals surface area contributed by atoms with Crippen molar-refractivity contribution in [3.8, 4) is 10.6 Å². The minimum Gasteiger partial charge on any atom is -0.365 e. The highest BCUT2D eigenvalue weighted by atomic mass is 32.1. The molecule has 18 heavy (non-hydrogen) atoms. The zero-order chi connectivity index (χ0) is 12.5. The van der Waals surface area contributed by atoms with Gasteiger partial charge in [-0.1, -0.05) is 6.92 Å². The van der Waals surface area contributed by atoms with Crippen LogP contribution in [0.4, 0.5) is 5.13 Å². The molecule has 1 saturated carbocycles. The van der Waals surface area contributed by atoms with E-state index in [0.717, 1.165) is 23.7 Å². The molecule has 2 aromatic rings. The van der Waals surface area contributed by atoms with Crippen molar-refractivity contribution in [2.75, 3.05) is 12.4 Å². The van der Waals surface area contributed by atoms with Crippen LogP contribution in [0.5, 0.6) is 0 Å². The molecule has 0 bridgehead atoms. The molecule has 5 heteroatoms. The molecule has 1 aliphatic carbocycles. The maximum Gasteiger partial charge on any atom is 0.182 e. The Morgan fingerprint density at radius 2 is 2.22 bits per heavy atom. The predicted octanol–water partition coefficient (Wildman–Crippen LogP) is 4.14. The summed E-state index contributed by atoms with van der Waals surface area (Å²) in [5.41, 5.74) is 2.41. The first kappa shape index (κ1) is 12.1. The number of rotatable bonds is 5. The zero-order valence-electron chi connectivity index (χ0n) is 10.7. The number of nitrogens with zero attached hydrogens (tertiary/aromatic N) is 2. The van der Waals surface area contributed by atoms with E-state index in [1.165, 1.54) is 28.4 Å². The van der Waals surface area contributed by atoms with E-state index in [2.05, 4.69) is 22.6 Å². The molecule has 0 saturated heterocycles. The van der Waals surface area contributed by atoms with Gasteiger partial charge in [0.25, 0.3) is 0 Å². The van der Waals surface area contributed by atoms with Gasteiger partial charge in [-0.15, -0.1) is 22.7 Å². The summed E-state index contributed by atoms with van der Waals surface area (Å²) in [7, 11) is 1.92. The summed E-state index contributed by atoms with van der Waals surface area (Å²) >= 11 is 3.50. The first-order valence-electron chi connectivity index (χ1n) is 6.45. The van der Waals surface area contributed by atoms with Crippen molar-refractivity contribution >= 4 is 27.8 Å². The first-order chi connectivity index (χ1) is 8.81. The fourth-order valence-corrected chi connectivity index (χ4v) is 3.96. The number of anilines is 1. The van der Waals surface area contributed by atoms with Gasteiger partial charge in [0.05, 0.1) is 21.3 Å². The third kappa shape index (κ3) is 2.29. The van der Waals surface area contributed by atoms with E-state index in [1.54, 1.807) is 11.3 Å². The normalized spacial score (nSPS) is 15.0. The summed E-state index contributed by atoms with van der Waals surface area (Å²) in [6.07, 6.45) is 4.85. The molecule has 0 radical (unpaired) electrons. The van der Waals surface area contributed by atoms with Crippen molar-refractivity contribution in [3.63, 3.8) is 0 Å². The topological polar surface area (TPSA) is 37.8 Å². The monoisotopic (exact) mass is 279 g/mol. The SMILES string of the molecule is CCCc1nc(C2CC2)c(-c2csc(NC)n2)s1. The lowest BCUT2D eigenvalue weighted by atomic mass is 10.2. The standard InChI is InChI=1S/C13H17N3S2/c1-3-4-10-16-11(8-5-6-8)12(18-10)9-7-17-13(14-2)15-9/h7-8H,3-6H2,1-2H3,(H,14,15). The Bertz CT molecular complexity index is 540. The van der Waals surface area contributed by atoms with E-state index in [0.29, 0.717) is 5.92 Å². The summed E-state index contributed by atoms with van der Waals surface area (Å²) in [6.45, 7) is 2.21. The van der Waals surface area contributed by atoms with Crippen LogP contribution in [0.25, 0.3) is 10.6 Å². The van der Waals surface area contributed by atoms with Crippen LogP contribution in [0.2, 0.25) is 0 Å². The smallest absolute Gasteiger partial charge is 0.182 e. The van der Waals surface area contributed by atoms with Gasteiger partial charge in [-0.25, -0.2) is 9.97 Å². The van der Waals surface area contributed by atoms with Crippen molar-refractivity contribution < 1.29 is 0 Å². The van der Waals surface area contributed by atoms with Crippen LogP contribution in [0.15, 0.2) is 5.38 Å². The van der Waals surface area contributed by atoms with Crippen LogP contribution < -0.4 is 5.32 Å². The third-order valence-corrected chi connectivity index (χ3v) is 5.09. The Hall–Kier alpha value is -0.940. The Balaban J connectivity index is 1.97. The first-order valence-corrected chi connectivity index (χ1v) is 8.14. The number of hydrogen-bond acceptors (Lipinski definition) is 5. The van der Waals surface area contributed by atoms with Crippen LogP contribution in [0.3, 0.4) is 0 Å². The summed E-state index contributed by atoms with van der Waals surface area (Å²) in [5.74, 6) is 0.696. The van der Waals surface area contributed by atoms with Gasteiger partial charge in [-0.05, 0) is 25.7 Å². The van der Waals surface area contributed by atoms with Gasteiger partial charge < -0.3 is 5.32 Å². The van der Waals surface area contributed by atoms with Gasteiger partial charge in [0.1, 0.15) is 0 Å². The van der Waals surface area contributed by atoms with Gasteiger partial charge in [-0.2, -0.15) is 0 Å². The number of thiazole rings is 2. The molecule has 96 valence electrons. The fourth-order valence-electron chi connectivity index (χ4n) is 2.01. The molecule has 0 amide bonds. The molecule has 2 aromatic heterocycles. The van der Waals surface area contributed by atoms with Crippen molar-refractivity contribution in [2.45, 2.75) is 38.5 Å². The molecule has 3 nitrogen and oxygen atoms in total. The minimum absolute atomic E-state index is 0.696. The van der Waals surface area contributed by atoms with Crippen molar-refractivity contribution in [2.24, 2.45) is 0 Å². The second-order valence-corrected chi connectivity index (χ2v) is 6.58. The molecule has 1 fully saturated rings. The van der Waals surface area contributed by atoms with Crippen molar-refractivity contribution in [1.29, 1.82) is 0 Å². The van der Waals surface area contributed by atoms with Crippen molar-refractivity contribution in [1.82, 2.24) is 9.97 Å². The minimum atomic E-state index is 0.696. The molecular formula is C13H17N3S2. The number of aryl methyl sites for hydroxylation is 1. The fraction of sp³-hybridized carbons (Fsp3) is 0.538. The molecule has 0 aliphatic heterocycles. The van der Waals surface area contributed by atoms with Gasteiger partial charge in [0, 0.05) is 18.3 Å². The molecule has 1 N–H and O–H groups in total. The highest BCUT2D eigenvalue weighted by Crippen LogP contribution is 2.46. The van der Waals surface area contributed by atoms with Gasteiger partial charge in [0.15, 0.2) is 5.13 Å². The second kappa shape index (κ2) is 4.97. The van der Waals surface area contributed by atoms with Crippen LogP contribution in [0, 0.1) is 0 Å². The van der Waals surface area contributed by atoms with Crippen LogP contribution in [-0.4, -0.2) is 17.0 Å². The quantitative estimate of drug-likeness (QED) is 0.894. The van der Waals surface area contributed by atoms with Gasteiger partial charge in [0.2, 0.25) is 0 Å². The van der Waals surface area contributed by atoms with E-state index in [1.807, 2.05) is 18.4 Å². The molecule has 2 heterocycles. The highest BCUT2D eigenvalue weighted by molar-refractivity contribution is 7.16. The average Bonchev–Trinajstić information content (AvgIpc) is 2.96. The lowest BCUT2D eigenvalue weighted by Gasteiger charge is -1.95. The molecule has 0 aromatic carbocycles. The maximum absolute atomic E-state index is 4.84. The Labute approximate surface area is 115 Å². The number of nitrogens with one attached hydrogen (secondary N) is 1. The van der Waals surface area contributed by atoms with Crippen LogP contribution in [0.1, 0.15) is 42.8 Å². The largest absolute Gasteiger partial charge is 0.365 e. The lowest BCUT2D eigenvalue weighted by molar-refractivity contribution is 0.892. The van der Waals surface area contributed by atoms with Crippen LogP contribution >= 0.6 is 22.7 Å². The van der Waals surface area contributed by atoms with E-state index in [4.69, 9.17) is 4.98 Å². The zero-order valence-corrected chi connectivity index (χ0v) is 12.3. The van der Waals surface area contributed by atoms with Crippen molar-refractivity contribution in [3.05, 3.63) is 16.1 Å². The van der Waals surface area contributed by atoms with Crippen LogP contribution in [-0.2, 0) is 6.42 Å². The third-order valence-electron chi connectivity index (χ3n) is 3.08. The molecule has 0 unspecified atom stereocenters. The molecule has 0 spiro atoms. The average molecular weight is 279 g/mol. The summed E-state index contributed by atoms with van der Waals surface area (Å²) in [6, 6.07) is 0. The van der Waals surface area contributed by atoms with Gasteiger partial charge >= 0.3 is 0 Å². The molecule has 3 rings (SSSR count). The number of hydrogen-bond donors (Lipinski definition) is 1. The molecule has 1 aliphatic rings. The second-order valence-electron chi connectivity index (χ2n) is 4.63. The van der Waals surface area contributed by atoms with Gasteiger partial charge in [-0.3, -0.25) is 0 Å². The summed E-state index contributed by atoms with van der Waals surface area (Å²) in [5, 5.41) is 7.50. The summed E-state index contributed by atoms with van der Waals surface area (Å²) in [4.78, 5) is 10.8.